The molecule has 0 aliphatic rings. The summed E-state index contributed by atoms with van der Waals surface area (Å²) in [4.78, 5) is 17.0. The van der Waals surface area contributed by atoms with E-state index < -0.39 is 0 Å². The molecule has 0 saturated carbocycles. The zero-order valence-corrected chi connectivity index (χ0v) is 11.2. The van der Waals surface area contributed by atoms with Gasteiger partial charge in [0.25, 0.3) is 0 Å². The minimum atomic E-state index is -0.226. The summed E-state index contributed by atoms with van der Waals surface area (Å²) < 4.78 is 0. The van der Waals surface area contributed by atoms with Gasteiger partial charge in [0.05, 0.1) is 12.2 Å². The van der Waals surface area contributed by atoms with E-state index in [1.54, 1.807) is 11.3 Å². The normalized spacial score (nSPS) is 12.2. The van der Waals surface area contributed by atoms with Crippen molar-refractivity contribution < 1.29 is 9.90 Å². The van der Waals surface area contributed by atoms with E-state index in [1.165, 1.54) is 4.88 Å². The fourth-order valence-electron chi connectivity index (χ4n) is 1.31. The molecule has 96 valence electrons. The van der Waals surface area contributed by atoms with Gasteiger partial charge in [0.1, 0.15) is 5.01 Å². The van der Waals surface area contributed by atoms with E-state index in [1.807, 2.05) is 20.8 Å². The van der Waals surface area contributed by atoms with Crippen LogP contribution in [0.2, 0.25) is 0 Å². The fourth-order valence-corrected chi connectivity index (χ4v) is 2.19. The molecule has 1 rings (SSSR count). The lowest BCUT2D eigenvalue weighted by Crippen LogP contribution is -2.40. The third kappa shape index (κ3) is 4.70. The smallest absolute Gasteiger partial charge is 0.315 e. The van der Waals surface area contributed by atoms with Crippen LogP contribution in [0.5, 0.6) is 0 Å². The summed E-state index contributed by atoms with van der Waals surface area (Å²) in [5, 5.41) is 15.1. The van der Waals surface area contributed by atoms with Crippen LogP contribution in [-0.2, 0) is 6.54 Å². The van der Waals surface area contributed by atoms with Gasteiger partial charge in [-0.2, -0.15) is 0 Å². The quantitative estimate of drug-likeness (QED) is 0.745. The van der Waals surface area contributed by atoms with Crippen LogP contribution in [0, 0.1) is 13.8 Å². The Kier molecular flexibility index (Phi) is 5.37. The first-order chi connectivity index (χ1) is 8.02. The molecule has 0 spiro atoms. The number of hydrogen-bond donors (Lipinski definition) is 3. The molecule has 6 heteroatoms. The van der Waals surface area contributed by atoms with Gasteiger partial charge in [0.15, 0.2) is 0 Å². The first-order valence-electron chi connectivity index (χ1n) is 5.61. The number of urea groups is 1. The summed E-state index contributed by atoms with van der Waals surface area (Å²) >= 11 is 1.59. The molecular weight excluding hydrogens is 238 g/mol. The Bertz CT molecular complexity index is 359. The summed E-state index contributed by atoms with van der Waals surface area (Å²) in [7, 11) is 0. The van der Waals surface area contributed by atoms with Crippen molar-refractivity contribution in [2.45, 2.75) is 39.8 Å². The number of carbonyl (C=O) groups excluding carboxylic acids is 1. The minimum Gasteiger partial charge on any atom is -0.396 e. The summed E-state index contributed by atoms with van der Waals surface area (Å²) in [5.74, 6) is 0. The van der Waals surface area contributed by atoms with Crippen LogP contribution in [-0.4, -0.2) is 28.8 Å². The van der Waals surface area contributed by atoms with Gasteiger partial charge >= 0.3 is 6.03 Å². The molecule has 0 bridgehead atoms. The number of nitrogens with zero attached hydrogens (tertiary/aromatic N) is 1. The van der Waals surface area contributed by atoms with Crippen molar-refractivity contribution in [1.29, 1.82) is 0 Å². The largest absolute Gasteiger partial charge is 0.396 e. The number of amides is 2. The van der Waals surface area contributed by atoms with E-state index in [4.69, 9.17) is 5.11 Å². The maximum atomic E-state index is 11.5. The Labute approximate surface area is 105 Å². The zero-order valence-electron chi connectivity index (χ0n) is 10.4. The van der Waals surface area contributed by atoms with Crippen LogP contribution in [0.15, 0.2) is 0 Å². The lowest BCUT2D eigenvalue weighted by atomic mass is 10.2. The molecule has 0 aliphatic heterocycles. The third-order valence-corrected chi connectivity index (χ3v) is 3.49. The van der Waals surface area contributed by atoms with Crippen molar-refractivity contribution in [3.63, 3.8) is 0 Å². The van der Waals surface area contributed by atoms with E-state index in [2.05, 4.69) is 15.6 Å². The number of aromatic nitrogens is 1. The molecule has 0 aromatic carbocycles. The second-order valence-corrected chi connectivity index (χ2v) is 5.28. The molecule has 1 heterocycles. The number of rotatable bonds is 5. The van der Waals surface area contributed by atoms with Crippen molar-refractivity contribution >= 4 is 17.4 Å². The van der Waals surface area contributed by atoms with Gasteiger partial charge in [-0.15, -0.1) is 11.3 Å². The topological polar surface area (TPSA) is 74.2 Å². The first kappa shape index (κ1) is 13.9. The molecule has 0 saturated heterocycles. The van der Waals surface area contributed by atoms with Gasteiger partial charge in [0.2, 0.25) is 0 Å². The van der Waals surface area contributed by atoms with Crippen LogP contribution in [0.1, 0.15) is 28.9 Å². The molecular formula is C11H19N3O2S. The third-order valence-electron chi connectivity index (χ3n) is 2.41. The number of aliphatic hydroxyl groups excluding tert-OH is 1. The molecule has 0 fully saturated rings. The SMILES string of the molecule is Cc1nc(CNC(=O)N[C@H](C)CCO)sc1C. The lowest BCUT2D eigenvalue weighted by molar-refractivity contribution is 0.230. The van der Waals surface area contributed by atoms with Gasteiger partial charge < -0.3 is 15.7 Å². The second kappa shape index (κ2) is 6.56. The highest BCUT2D eigenvalue weighted by Crippen LogP contribution is 2.15. The van der Waals surface area contributed by atoms with Crippen molar-refractivity contribution in [3.8, 4) is 0 Å². The summed E-state index contributed by atoms with van der Waals surface area (Å²) in [6.45, 7) is 6.34. The maximum absolute atomic E-state index is 11.5. The van der Waals surface area contributed by atoms with Crippen LogP contribution in [0.4, 0.5) is 4.79 Å². The fraction of sp³-hybridized carbons (Fsp3) is 0.636. The number of aryl methyl sites for hydroxylation is 2. The molecule has 1 aromatic heterocycles. The second-order valence-electron chi connectivity index (χ2n) is 3.99. The van der Waals surface area contributed by atoms with E-state index in [0.717, 1.165) is 10.7 Å². The highest BCUT2D eigenvalue weighted by molar-refractivity contribution is 7.11. The number of thiazole rings is 1. The van der Waals surface area contributed by atoms with Gasteiger partial charge in [-0.1, -0.05) is 0 Å². The standard InChI is InChI=1S/C11H19N3O2S/c1-7(4-5-15)13-11(16)12-6-10-14-8(2)9(3)17-10/h7,15H,4-6H2,1-3H3,(H2,12,13,16)/t7-/m1/s1. The summed E-state index contributed by atoms with van der Waals surface area (Å²) in [6, 6.07) is -0.253. The van der Waals surface area contributed by atoms with Crippen molar-refractivity contribution in [2.24, 2.45) is 0 Å². The first-order valence-corrected chi connectivity index (χ1v) is 6.42. The highest BCUT2D eigenvalue weighted by Gasteiger charge is 2.08. The van der Waals surface area contributed by atoms with Crippen LogP contribution in [0.25, 0.3) is 0 Å². The molecule has 5 nitrogen and oxygen atoms in total. The maximum Gasteiger partial charge on any atom is 0.315 e. The predicted octanol–water partition coefficient (Wildman–Crippen LogP) is 1.33. The van der Waals surface area contributed by atoms with Crippen molar-refractivity contribution in [1.82, 2.24) is 15.6 Å². The molecule has 0 radical (unpaired) electrons. The van der Waals surface area contributed by atoms with Crippen molar-refractivity contribution in [2.75, 3.05) is 6.61 Å². The van der Waals surface area contributed by atoms with Gasteiger partial charge in [-0.3, -0.25) is 0 Å². The van der Waals surface area contributed by atoms with E-state index in [-0.39, 0.29) is 18.7 Å². The van der Waals surface area contributed by atoms with Crippen molar-refractivity contribution in [3.05, 3.63) is 15.6 Å². The number of aliphatic hydroxyl groups is 1. The molecule has 2 amide bonds. The Morgan fingerprint density at radius 3 is 2.76 bits per heavy atom. The monoisotopic (exact) mass is 257 g/mol. The number of carbonyl (C=O) groups is 1. The van der Waals surface area contributed by atoms with E-state index in [9.17, 15) is 4.79 Å². The Hall–Kier alpha value is -1.14. The van der Waals surface area contributed by atoms with Crippen LogP contribution < -0.4 is 10.6 Å². The predicted molar refractivity (Wildman–Crippen MR) is 68.1 cm³/mol. The number of hydrogen-bond acceptors (Lipinski definition) is 4. The Morgan fingerprint density at radius 2 is 2.24 bits per heavy atom. The zero-order chi connectivity index (χ0) is 12.8. The minimum absolute atomic E-state index is 0.0280. The van der Waals surface area contributed by atoms with Crippen LogP contribution >= 0.6 is 11.3 Å². The Morgan fingerprint density at radius 1 is 1.53 bits per heavy atom. The average molecular weight is 257 g/mol. The Balaban J connectivity index is 2.33. The average Bonchev–Trinajstić information content (AvgIpc) is 2.56. The molecule has 0 aliphatic carbocycles. The van der Waals surface area contributed by atoms with Gasteiger partial charge in [-0.05, 0) is 27.2 Å². The van der Waals surface area contributed by atoms with E-state index in [0.29, 0.717) is 13.0 Å². The van der Waals surface area contributed by atoms with Crippen LogP contribution in [0.3, 0.4) is 0 Å². The summed E-state index contributed by atoms with van der Waals surface area (Å²) in [6.07, 6.45) is 0.558. The molecule has 0 unspecified atom stereocenters. The van der Waals surface area contributed by atoms with Gasteiger partial charge in [0, 0.05) is 17.5 Å². The lowest BCUT2D eigenvalue weighted by Gasteiger charge is -2.12. The molecule has 17 heavy (non-hydrogen) atoms. The summed E-state index contributed by atoms with van der Waals surface area (Å²) in [5.41, 5.74) is 1.01. The van der Waals surface area contributed by atoms with E-state index >= 15 is 0 Å². The number of nitrogens with one attached hydrogen (secondary N) is 2. The highest BCUT2D eigenvalue weighted by atomic mass is 32.1. The molecule has 3 N–H and O–H groups in total. The molecule has 1 aromatic rings. The van der Waals surface area contributed by atoms with Gasteiger partial charge in [-0.25, -0.2) is 9.78 Å². The molecule has 1 atom stereocenters.